The van der Waals surface area contributed by atoms with Crippen molar-refractivity contribution in [2.24, 2.45) is 5.92 Å². The molecule has 0 bridgehead atoms. The number of carbonyl (C=O) groups excluding carboxylic acids is 3. The Hall–Kier alpha value is -4.07. The second kappa shape index (κ2) is 10.7. The van der Waals surface area contributed by atoms with Crippen LogP contribution in [0.5, 0.6) is 11.5 Å². The van der Waals surface area contributed by atoms with Gasteiger partial charge in [0.1, 0.15) is 11.5 Å². The fourth-order valence-electron chi connectivity index (χ4n) is 3.86. The van der Waals surface area contributed by atoms with Crippen LogP contribution in [0.3, 0.4) is 0 Å². The second-order valence-electron chi connectivity index (χ2n) is 9.16. The number of hydrogen-bond acceptors (Lipinski definition) is 8. The van der Waals surface area contributed by atoms with Crippen LogP contribution in [0.2, 0.25) is 0 Å². The number of methoxy groups -OCH3 is 1. The quantitative estimate of drug-likeness (QED) is 0.318. The van der Waals surface area contributed by atoms with Gasteiger partial charge in [-0.2, -0.15) is 0 Å². The summed E-state index contributed by atoms with van der Waals surface area (Å²) < 4.78 is 16.2. The van der Waals surface area contributed by atoms with Gasteiger partial charge in [-0.15, -0.1) is 0 Å². The van der Waals surface area contributed by atoms with E-state index in [2.05, 4.69) is 0 Å². The lowest BCUT2D eigenvalue weighted by molar-refractivity contribution is -0.170. The van der Waals surface area contributed by atoms with E-state index in [1.165, 1.54) is 37.4 Å². The van der Waals surface area contributed by atoms with E-state index in [0.29, 0.717) is 23.1 Å². The molecule has 3 rings (SSSR count). The molecule has 0 saturated heterocycles. The van der Waals surface area contributed by atoms with E-state index in [9.17, 15) is 24.6 Å². The van der Waals surface area contributed by atoms with Gasteiger partial charge in [-0.05, 0) is 55.2 Å². The molecule has 1 heterocycles. The van der Waals surface area contributed by atoms with Crippen LogP contribution in [0.25, 0.3) is 5.57 Å². The maximum absolute atomic E-state index is 13.3. The molecule has 0 aromatic heterocycles. The van der Waals surface area contributed by atoms with E-state index in [4.69, 9.17) is 14.2 Å². The van der Waals surface area contributed by atoms with Crippen LogP contribution in [0.1, 0.15) is 44.4 Å². The predicted molar refractivity (Wildman–Crippen MR) is 132 cm³/mol. The molecule has 0 radical (unpaired) electrons. The van der Waals surface area contributed by atoms with Gasteiger partial charge in [0.2, 0.25) is 11.4 Å². The third-order valence-corrected chi connectivity index (χ3v) is 5.76. The highest BCUT2D eigenvalue weighted by atomic mass is 16.6. The minimum atomic E-state index is -1.97. The first-order chi connectivity index (χ1) is 17.0. The predicted octanol–water partition coefficient (Wildman–Crippen LogP) is 4.23. The summed E-state index contributed by atoms with van der Waals surface area (Å²) in [6.07, 6.45) is 2.27. The summed E-state index contributed by atoms with van der Waals surface area (Å²) in [5.41, 5.74) is 0.659. The Bertz CT molecular complexity index is 1230. The number of benzene rings is 2. The first-order valence-electron chi connectivity index (χ1n) is 11.5. The molecular formula is C28H30O8. The minimum Gasteiger partial charge on any atom is -0.508 e. The lowest BCUT2D eigenvalue weighted by atomic mass is 9.82. The molecule has 2 aromatic rings. The zero-order valence-corrected chi connectivity index (χ0v) is 21.0. The maximum Gasteiger partial charge on any atom is 0.376 e. The molecule has 0 unspecified atom stereocenters. The van der Waals surface area contributed by atoms with E-state index in [1.807, 2.05) is 19.9 Å². The molecule has 2 aromatic carbocycles. The Morgan fingerprint density at radius 3 is 2.33 bits per heavy atom. The molecule has 1 aliphatic rings. The summed E-state index contributed by atoms with van der Waals surface area (Å²) >= 11 is 0. The number of hydrogen-bond donors (Lipinski definition) is 2. The molecule has 0 spiro atoms. The van der Waals surface area contributed by atoms with Gasteiger partial charge in [-0.3, -0.25) is 4.79 Å². The summed E-state index contributed by atoms with van der Waals surface area (Å²) in [6.45, 7) is 7.11. The Morgan fingerprint density at radius 1 is 1.08 bits per heavy atom. The lowest BCUT2D eigenvalue weighted by Gasteiger charge is -2.28. The molecule has 36 heavy (non-hydrogen) atoms. The molecule has 190 valence electrons. The zero-order valence-electron chi connectivity index (χ0n) is 21.0. The number of allylic oxidation sites excluding steroid dienone is 2. The van der Waals surface area contributed by atoms with Gasteiger partial charge in [0.25, 0.3) is 0 Å². The van der Waals surface area contributed by atoms with Crippen LogP contribution in [0.15, 0.2) is 59.9 Å². The SMILES string of the molecule is COC(=O)[C@]1(Cc2ccc(O)c(CC=C(C)C)c2)OC(=O)C(OC(=O)C(C)C)=C1c1ccc(O)cc1. The number of esters is 3. The van der Waals surface area contributed by atoms with E-state index < -0.39 is 35.2 Å². The van der Waals surface area contributed by atoms with E-state index in [0.717, 1.165) is 5.57 Å². The van der Waals surface area contributed by atoms with Crippen molar-refractivity contribution in [2.45, 2.75) is 46.1 Å². The second-order valence-corrected chi connectivity index (χ2v) is 9.16. The number of phenols is 2. The molecule has 8 heteroatoms. The van der Waals surface area contributed by atoms with Crippen molar-refractivity contribution < 1.29 is 38.8 Å². The number of rotatable bonds is 8. The van der Waals surface area contributed by atoms with Crippen LogP contribution in [-0.2, 0) is 41.4 Å². The molecule has 1 aliphatic heterocycles. The lowest BCUT2D eigenvalue weighted by Crippen LogP contribution is -2.44. The first kappa shape index (κ1) is 26.5. The standard InChI is InChI=1S/C28H30O8/c1-16(2)6-8-20-14-18(7-13-22(20)30)15-28(27(33)34-5)23(19-9-11-21(29)12-10-19)24(26(32)36-28)35-25(31)17(3)4/h6-7,9-14,17,29-30H,8,15H2,1-5H3/t28-/m1/s1. The molecule has 8 nitrogen and oxygen atoms in total. The monoisotopic (exact) mass is 494 g/mol. The van der Waals surface area contributed by atoms with Gasteiger partial charge >= 0.3 is 17.9 Å². The topological polar surface area (TPSA) is 119 Å². The van der Waals surface area contributed by atoms with E-state index in [-0.39, 0.29) is 23.5 Å². The maximum atomic E-state index is 13.3. The van der Waals surface area contributed by atoms with Gasteiger partial charge in [-0.25, -0.2) is 9.59 Å². The number of phenolic OH excluding ortho intramolecular Hbond substituents is 2. The zero-order chi connectivity index (χ0) is 26.6. The van der Waals surface area contributed by atoms with E-state index in [1.54, 1.807) is 26.0 Å². The van der Waals surface area contributed by atoms with Crippen LogP contribution in [0.4, 0.5) is 0 Å². The summed E-state index contributed by atoms with van der Waals surface area (Å²) in [5.74, 6) is -3.42. The summed E-state index contributed by atoms with van der Waals surface area (Å²) in [6, 6.07) is 10.6. The molecule has 0 amide bonds. The van der Waals surface area contributed by atoms with E-state index >= 15 is 0 Å². The van der Waals surface area contributed by atoms with Crippen molar-refractivity contribution in [1.29, 1.82) is 0 Å². The number of carbonyl (C=O) groups is 3. The van der Waals surface area contributed by atoms with Crippen LogP contribution in [0, 0.1) is 5.92 Å². The fourth-order valence-corrected chi connectivity index (χ4v) is 3.86. The molecule has 2 N–H and O–H groups in total. The van der Waals surface area contributed by atoms with Crippen molar-refractivity contribution in [1.82, 2.24) is 0 Å². The Labute approximate surface area is 209 Å². The average molecular weight is 495 g/mol. The van der Waals surface area contributed by atoms with Crippen molar-refractivity contribution >= 4 is 23.5 Å². The van der Waals surface area contributed by atoms with Gasteiger partial charge in [-0.1, -0.05) is 49.8 Å². The van der Waals surface area contributed by atoms with Crippen molar-refractivity contribution in [3.8, 4) is 11.5 Å². The normalized spacial score (nSPS) is 17.1. The Kier molecular flexibility index (Phi) is 7.87. The molecular weight excluding hydrogens is 464 g/mol. The summed E-state index contributed by atoms with van der Waals surface area (Å²) in [4.78, 5) is 38.8. The van der Waals surface area contributed by atoms with Crippen LogP contribution in [-0.4, -0.2) is 40.8 Å². The highest BCUT2D eigenvalue weighted by Gasteiger charge is 2.56. The third-order valence-electron chi connectivity index (χ3n) is 5.76. The number of cyclic esters (lactones) is 1. The number of aromatic hydroxyl groups is 2. The first-order valence-corrected chi connectivity index (χ1v) is 11.5. The van der Waals surface area contributed by atoms with Gasteiger partial charge in [0.05, 0.1) is 18.6 Å². The molecule has 0 fully saturated rings. The Morgan fingerprint density at radius 2 is 1.75 bits per heavy atom. The highest BCUT2D eigenvalue weighted by Crippen LogP contribution is 2.44. The fraction of sp³-hybridized carbons (Fsp3) is 0.321. The summed E-state index contributed by atoms with van der Waals surface area (Å²) in [5, 5.41) is 20.1. The van der Waals surface area contributed by atoms with Crippen molar-refractivity contribution in [2.75, 3.05) is 7.11 Å². The van der Waals surface area contributed by atoms with Crippen molar-refractivity contribution in [3.05, 3.63) is 76.6 Å². The van der Waals surface area contributed by atoms with Gasteiger partial charge < -0.3 is 24.4 Å². The van der Waals surface area contributed by atoms with Crippen molar-refractivity contribution in [3.63, 3.8) is 0 Å². The highest BCUT2D eigenvalue weighted by molar-refractivity contribution is 6.12. The van der Waals surface area contributed by atoms with Gasteiger partial charge in [0.15, 0.2) is 0 Å². The summed E-state index contributed by atoms with van der Waals surface area (Å²) in [7, 11) is 1.17. The largest absolute Gasteiger partial charge is 0.508 e. The number of ether oxygens (including phenoxy) is 3. The molecule has 0 saturated carbocycles. The average Bonchev–Trinajstić information content (AvgIpc) is 3.10. The van der Waals surface area contributed by atoms with Crippen LogP contribution < -0.4 is 0 Å². The van der Waals surface area contributed by atoms with Crippen LogP contribution >= 0.6 is 0 Å². The Balaban J connectivity index is 2.21. The third kappa shape index (κ3) is 5.43. The smallest absolute Gasteiger partial charge is 0.376 e. The minimum absolute atomic E-state index is 0.0206. The molecule has 1 atom stereocenters. The van der Waals surface area contributed by atoms with Gasteiger partial charge in [0, 0.05) is 6.42 Å². The molecule has 0 aliphatic carbocycles.